The largest absolute Gasteiger partial charge is 0.320 e. The molecule has 0 spiro atoms. The summed E-state index contributed by atoms with van der Waals surface area (Å²) in [6.45, 7) is 0. The van der Waals surface area contributed by atoms with Crippen LogP contribution in [0.4, 0.5) is 5.69 Å². The molecular weight excluding hydrogens is 283 g/mol. The summed E-state index contributed by atoms with van der Waals surface area (Å²) in [7, 11) is 0. The Labute approximate surface area is 120 Å². The average Bonchev–Trinajstić information content (AvgIpc) is 2.39. The Morgan fingerprint density at radius 1 is 1.21 bits per heavy atom. The van der Waals surface area contributed by atoms with Crippen LogP contribution in [0.15, 0.2) is 48.7 Å². The SMILES string of the molecule is O=C(C=Cc1cccc(Cl)c1)Nc1cccnc1Cl. The number of halogens is 2. The molecule has 1 heterocycles. The minimum Gasteiger partial charge on any atom is -0.320 e. The van der Waals surface area contributed by atoms with E-state index in [2.05, 4.69) is 10.3 Å². The van der Waals surface area contributed by atoms with Crippen molar-refractivity contribution in [2.24, 2.45) is 0 Å². The summed E-state index contributed by atoms with van der Waals surface area (Å²) < 4.78 is 0. The van der Waals surface area contributed by atoms with Crippen molar-refractivity contribution in [3.63, 3.8) is 0 Å². The number of pyridine rings is 1. The zero-order chi connectivity index (χ0) is 13.7. The van der Waals surface area contributed by atoms with Gasteiger partial charge in [0, 0.05) is 17.3 Å². The summed E-state index contributed by atoms with van der Waals surface area (Å²) in [6, 6.07) is 10.6. The smallest absolute Gasteiger partial charge is 0.248 e. The fourth-order valence-electron chi connectivity index (χ4n) is 1.44. The van der Waals surface area contributed by atoms with Crippen molar-refractivity contribution in [2.75, 3.05) is 5.32 Å². The number of hydrogen-bond acceptors (Lipinski definition) is 2. The van der Waals surface area contributed by atoms with Gasteiger partial charge in [0.15, 0.2) is 5.15 Å². The van der Waals surface area contributed by atoms with Gasteiger partial charge in [-0.25, -0.2) is 4.98 Å². The minimum absolute atomic E-state index is 0.256. The number of carbonyl (C=O) groups excluding carboxylic acids is 1. The zero-order valence-corrected chi connectivity index (χ0v) is 11.3. The van der Waals surface area contributed by atoms with Crippen molar-refractivity contribution in [2.45, 2.75) is 0 Å². The highest BCUT2D eigenvalue weighted by Gasteiger charge is 2.02. The molecule has 0 bridgehead atoms. The van der Waals surface area contributed by atoms with E-state index in [4.69, 9.17) is 23.2 Å². The van der Waals surface area contributed by atoms with E-state index in [1.54, 1.807) is 36.5 Å². The van der Waals surface area contributed by atoms with Gasteiger partial charge >= 0.3 is 0 Å². The molecule has 0 aliphatic carbocycles. The number of carbonyl (C=O) groups is 1. The lowest BCUT2D eigenvalue weighted by molar-refractivity contribution is -0.111. The molecule has 0 fully saturated rings. The molecule has 0 atom stereocenters. The van der Waals surface area contributed by atoms with Crippen molar-refractivity contribution in [1.82, 2.24) is 4.98 Å². The molecule has 0 saturated heterocycles. The van der Waals surface area contributed by atoms with Crippen LogP contribution in [0.5, 0.6) is 0 Å². The maximum atomic E-state index is 11.7. The van der Waals surface area contributed by atoms with Gasteiger partial charge in [0.1, 0.15) is 0 Å². The highest BCUT2D eigenvalue weighted by Crippen LogP contribution is 2.17. The van der Waals surface area contributed by atoms with Crippen LogP contribution < -0.4 is 5.32 Å². The Kier molecular flexibility index (Phi) is 4.55. The maximum absolute atomic E-state index is 11.7. The fraction of sp³-hybridized carbons (Fsp3) is 0. The molecule has 1 aromatic carbocycles. The number of hydrogen-bond donors (Lipinski definition) is 1. The van der Waals surface area contributed by atoms with Crippen molar-refractivity contribution in [3.05, 3.63) is 64.4 Å². The van der Waals surface area contributed by atoms with E-state index < -0.39 is 0 Å². The van der Waals surface area contributed by atoms with Gasteiger partial charge in [-0.1, -0.05) is 35.3 Å². The third-order valence-corrected chi connectivity index (χ3v) is 2.83. The lowest BCUT2D eigenvalue weighted by Gasteiger charge is -2.02. The van der Waals surface area contributed by atoms with Crippen LogP contribution in [0.3, 0.4) is 0 Å². The molecule has 2 rings (SSSR count). The number of amides is 1. The van der Waals surface area contributed by atoms with E-state index in [1.807, 2.05) is 12.1 Å². The highest BCUT2D eigenvalue weighted by atomic mass is 35.5. The van der Waals surface area contributed by atoms with Gasteiger partial charge < -0.3 is 5.32 Å². The van der Waals surface area contributed by atoms with Crippen molar-refractivity contribution < 1.29 is 4.79 Å². The van der Waals surface area contributed by atoms with Crippen LogP contribution in [0.25, 0.3) is 6.08 Å². The Morgan fingerprint density at radius 3 is 2.79 bits per heavy atom. The molecule has 0 unspecified atom stereocenters. The summed E-state index contributed by atoms with van der Waals surface area (Å²) in [5.41, 5.74) is 1.32. The number of rotatable bonds is 3. The van der Waals surface area contributed by atoms with Gasteiger partial charge in [-0.05, 0) is 35.9 Å². The molecule has 3 nitrogen and oxygen atoms in total. The molecular formula is C14H10Cl2N2O. The third kappa shape index (κ3) is 4.09. The van der Waals surface area contributed by atoms with Gasteiger partial charge in [0.05, 0.1) is 5.69 Å². The van der Waals surface area contributed by atoms with Crippen LogP contribution in [0.2, 0.25) is 10.2 Å². The predicted molar refractivity (Wildman–Crippen MR) is 78.4 cm³/mol. The molecule has 1 aromatic heterocycles. The van der Waals surface area contributed by atoms with Gasteiger partial charge in [0.2, 0.25) is 5.91 Å². The lowest BCUT2D eigenvalue weighted by Crippen LogP contribution is -2.08. The summed E-state index contributed by atoms with van der Waals surface area (Å²) >= 11 is 11.7. The topological polar surface area (TPSA) is 42.0 Å². The average molecular weight is 293 g/mol. The molecule has 1 amide bonds. The van der Waals surface area contributed by atoms with Crippen molar-refractivity contribution in [3.8, 4) is 0 Å². The second-order valence-electron chi connectivity index (χ2n) is 3.72. The molecule has 5 heteroatoms. The van der Waals surface area contributed by atoms with E-state index in [9.17, 15) is 4.79 Å². The minimum atomic E-state index is -0.283. The van der Waals surface area contributed by atoms with Gasteiger partial charge in [-0.15, -0.1) is 0 Å². The molecule has 0 aliphatic rings. The zero-order valence-electron chi connectivity index (χ0n) is 9.81. The van der Waals surface area contributed by atoms with Gasteiger partial charge in [-0.2, -0.15) is 0 Å². The Morgan fingerprint density at radius 2 is 2.05 bits per heavy atom. The maximum Gasteiger partial charge on any atom is 0.248 e. The number of aromatic nitrogens is 1. The first kappa shape index (κ1) is 13.6. The van der Waals surface area contributed by atoms with Gasteiger partial charge in [-0.3, -0.25) is 4.79 Å². The molecule has 1 N–H and O–H groups in total. The van der Waals surface area contributed by atoms with Crippen LogP contribution in [0, 0.1) is 0 Å². The standard InChI is InChI=1S/C14H10Cl2N2O/c15-11-4-1-3-10(9-11)6-7-13(19)18-12-5-2-8-17-14(12)16/h1-9H,(H,18,19). The van der Waals surface area contributed by atoms with E-state index in [0.29, 0.717) is 10.7 Å². The van der Waals surface area contributed by atoms with Crippen LogP contribution >= 0.6 is 23.2 Å². The summed E-state index contributed by atoms with van der Waals surface area (Å²) in [5, 5.41) is 3.52. The van der Waals surface area contributed by atoms with E-state index in [-0.39, 0.29) is 11.1 Å². The highest BCUT2D eigenvalue weighted by molar-refractivity contribution is 6.32. The van der Waals surface area contributed by atoms with Crippen molar-refractivity contribution in [1.29, 1.82) is 0 Å². The molecule has 19 heavy (non-hydrogen) atoms. The van der Waals surface area contributed by atoms with E-state index >= 15 is 0 Å². The van der Waals surface area contributed by atoms with E-state index in [0.717, 1.165) is 5.56 Å². The molecule has 96 valence electrons. The predicted octanol–water partition coefficient (Wildman–Crippen LogP) is 4.04. The Hall–Kier alpha value is -1.84. The Balaban J connectivity index is 2.04. The van der Waals surface area contributed by atoms with Crippen molar-refractivity contribution >= 4 is 40.9 Å². The molecule has 2 aromatic rings. The summed E-state index contributed by atoms with van der Waals surface area (Å²) in [6.07, 6.45) is 4.64. The Bertz CT molecular complexity index is 626. The molecule has 0 saturated carbocycles. The first-order valence-corrected chi connectivity index (χ1v) is 6.26. The molecule has 0 aliphatic heterocycles. The molecule has 0 radical (unpaired) electrons. The first-order valence-electron chi connectivity index (χ1n) is 5.50. The third-order valence-electron chi connectivity index (χ3n) is 2.29. The van der Waals surface area contributed by atoms with Gasteiger partial charge in [0.25, 0.3) is 0 Å². The van der Waals surface area contributed by atoms with Crippen LogP contribution in [0.1, 0.15) is 5.56 Å². The number of nitrogens with zero attached hydrogens (tertiary/aromatic N) is 1. The number of anilines is 1. The fourth-order valence-corrected chi connectivity index (χ4v) is 1.80. The van der Waals surface area contributed by atoms with Crippen LogP contribution in [-0.4, -0.2) is 10.9 Å². The summed E-state index contributed by atoms with van der Waals surface area (Å²) in [5.74, 6) is -0.283. The lowest BCUT2D eigenvalue weighted by atomic mass is 10.2. The van der Waals surface area contributed by atoms with E-state index in [1.165, 1.54) is 6.08 Å². The first-order chi connectivity index (χ1) is 9.15. The summed E-state index contributed by atoms with van der Waals surface area (Å²) in [4.78, 5) is 15.6. The number of nitrogens with one attached hydrogen (secondary N) is 1. The number of benzene rings is 1. The van der Waals surface area contributed by atoms with Crippen LogP contribution in [-0.2, 0) is 4.79 Å². The second-order valence-corrected chi connectivity index (χ2v) is 4.51. The monoisotopic (exact) mass is 292 g/mol. The quantitative estimate of drug-likeness (QED) is 0.685. The normalized spacial score (nSPS) is 10.6. The second kappa shape index (κ2) is 6.36.